The Labute approximate surface area is 126 Å². The van der Waals surface area contributed by atoms with Gasteiger partial charge in [0.2, 0.25) is 0 Å². The smallest absolute Gasteiger partial charge is 0.270 e. The Balaban J connectivity index is 2.29. The van der Waals surface area contributed by atoms with Gasteiger partial charge in [-0.25, -0.2) is 4.98 Å². The largest absolute Gasteiger partial charge is 0.373 e. The maximum atomic E-state index is 12.2. The first-order valence-corrected chi connectivity index (χ1v) is 8.42. The third-order valence-corrected chi connectivity index (χ3v) is 4.04. The molecule has 0 radical (unpaired) electrons. The van der Waals surface area contributed by atoms with Gasteiger partial charge in [0, 0.05) is 41.3 Å². The van der Waals surface area contributed by atoms with E-state index in [2.05, 4.69) is 15.6 Å². The van der Waals surface area contributed by atoms with E-state index >= 15 is 0 Å². The van der Waals surface area contributed by atoms with Crippen LogP contribution in [0.1, 0.15) is 17.4 Å². The van der Waals surface area contributed by atoms with Crippen molar-refractivity contribution in [3.63, 3.8) is 0 Å². The summed E-state index contributed by atoms with van der Waals surface area (Å²) in [5.41, 5.74) is 0.354. The number of carbonyl (C=O) groups excluding carboxylic acids is 1. The number of fused-ring (bicyclic) bond motifs is 1. The Hall–Kier alpha value is -1.95. The number of carbonyl (C=O) groups is 1. The molecule has 1 aromatic carbocycles. The summed E-state index contributed by atoms with van der Waals surface area (Å²) in [6, 6.07) is 9.36. The van der Waals surface area contributed by atoms with Crippen LogP contribution in [-0.4, -0.2) is 40.2 Å². The molecule has 0 saturated carbocycles. The van der Waals surface area contributed by atoms with Crippen LogP contribution in [0.3, 0.4) is 0 Å². The molecule has 0 aliphatic carbocycles. The quantitative estimate of drug-likeness (QED) is 0.883. The molecule has 1 aromatic heterocycles. The zero-order valence-electron chi connectivity index (χ0n) is 12.3. The summed E-state index contributed by atoms with van der Waals surface area (Å²) in [5, 5.41) is 7.76. The zero-order valence-corrected chi connectivity index (χ0v) is 13.2. The number of rotatable bonds is 5. The molecule has 2 rings (SSSR count). The van der Waals surface area contributed by atoms with Gasteiger partial charge in [0.25, 0.3) is 5.91 Å². The molecular formula is C15H19N3O2S. The Morgan fingerprint density at radius 3 is 2.76 bits per heavy atom. The first-order chi connectivity index (χ1) is 10.0. The van der Waals surface area contributed by atoms with Crippen LogP contribution in [0.4, 0.5) is 5.82 Å². The van der Waals surface area contributed by atoms with Crippen LogP contribution in [0.25, 0.3) is 10.8 Å². The van der Waals surface area contributed by atoms with E-state index in [4.69, 9.17) is 0 Å². The maximum Gasteiger partial charge on any atom is 0.270 e. The van der Waals surface area contributed by atoms with Crippen LogP contribution < -0.4 is 10.6 Å². The summed E-state index contributed by atoms with van der Waals surface area (Å²) in [7, 11) is 0.833. The minimum atomic E-state index is -0.944. The van der Waals surface area contributed by atoms with Crippen molar-refractivity contribution in [2.45, 2.75) is 13.0 Å². The highest BCUT2D eigenvalue weighted by Crippen LogP contribution is 2.22. The molecule has 1 heterocycles. The molecule has 2 unspecified atom stereocenters. The second kappa shape index (κ2) is 6.67. The molecule has 2 atom stereocenters. The molecule has 2 aromatic rings. The monoisotopic (exact) mass is 305 g/mol. The molecule has 0 fully saturated rings. The second-order valence-electron chi connectivity index (χ2n) is 4.94. The van der Waals surface area contributed by atoms with Crippen molar-refractivity contribution in [2.24, 2.45) is 0 Å². The van der Waals surface area contributed by atoms with Crippen molar-refractivity contribution in [3.05, 3.63) is 36.0 Å². The predicted octanol–water partition coefficient (Wildman–Crippen LogP) is 1.77. The van der Waals surface area contributed by atoms with E-state index in [1.165, 1.54) is 0 Å². The number of aromatic nitrogens is 1. The number of anilines is 1. The topological polar surface area (TPSA) is 71.1 Å². The van der Waals surface area contributed by atoms with Gasteiger partial charge in [-0.05, 0) is 18.4 Å². The molecule has 0 bridgehead atoms. The standard InChI is InChI=1S/C15H19N3O2S/c1-10(9-21(3)20)17-15(19)13-8-11-6-4-5-7-12(11)14(16-2)18-13/h4-8,10H,9H2,1-3H3,(H,16,18)(H,17,19). The van der Waals surface area contributed by atoms with Crippen molar-refractivity contribution < 1.29 is 9.00 Å². The van der Waals surface area contributed by atoms with Gasteiger partial charge in [-0.2, -0.15) is 0 Å². The van der Waals surface area contributed by atoms with Crippen molar-refractivity contribution in [3.8, 4) is 0 Å². The molecule has 21 heavy (non-hydrogen) atoms. The molecule has 0 aliphatic heterocycles. The van der Waals surface area contributed by atoms with E-state index < -0.39 is 10.8 Å². The van der Waals surface area contributed by atoms with E-state index in [-0.39, 0.29) is 11.9 Å². The SMILES string of the molecule is CNc1nc(C(=O)NC(C)CS(C)=O)cc2ccccc12. The molecule has 0 aliphatic rings. The molecule has 1 amide bonds. The molecule has 6 heteroatoms. The molecule has 0 saturated heterocycles. The van der Waals surface area contributed by atoms with Crippen molar-refractivity contribution in [2.75, 3.05) is 24.4 Å². The van der Waals surface area contributed by atoms with Gasteiger partial charge in [0.1, 0.15) is 11.5 Å². The minimum Gasteiger partial charge on any atom is -0.373 e. The van der Waals surface area contributed by atoms with Crippen molar-refractivity contribution in [1.82, 2.24) is 10.3 Å². The van der Waals surface area contributed by atoms with E-state index in [0.29, 0.717) is 17.3 Å². The van der Waals surface area contributed by atoms with Gasteiger partial charge in [-0.1, -0.05) is 24.3 Å². The second-order valence-corrected chi connectivity index (χ2v) is 6.42. The predicted molar refractivity (Wildman–Crippen MR) is 87.2 cm³/mol. The molecule has 2 N–H and O–H groups in total. The normalized spacial score (nSPS) is 13.7. The first-order valence-electron chi connectivity index (χ1n) is 6.69. The minimum absolute atomic E-state index is 0.158. The number of amides is 1. The highest BCUT2D eigenvalue weighted by molar-refractivity contribution is 7.84. The number of hydrogen-bond acceptors (Lipinski definition) is 4. The van der Waals surface area contributed by atoms with Crippen molar-refractivity contribution in [1.29, 1.82) is 0 Å². The maximum absolute atomic E-state index is 12.2. The fourth-order valence-corrected chi connectivity index (χ4v) is 2.98. The van der Waals surface area contributed by atoms with Gasteiger partial charge < -0.3 is 10.6 Å². The molecule has 0 spiro atoms. The van der Waals surface area contributed by atoms with Crippen LogP contribution in [0.5, 0.6) is 0 Å². The van der Waals surface area contributed by atoms with Crippen molar-refractivity contribution >= 4 is 33.3 Å². The van der Waals surface area contributed by atoms with Crippen LogP contribution in [-0.2, 0) is 10.8 Å². The van der Waals surface area contributed by atoms with E-state index in [1.54, 1.807) is 19.4 Å². The number of nitrogens with zero attached hydrogens (tertiary/aromatic N) is 1. The average Bonchev–Trinajstić information content (AvgIpc) is 2.44. The van der Waals surface area contributed by atoms with Gasteiger partial charge in [0.05, 0.1) is 0 Å². The summed E-state index contributed by atoms with van der Waals surface area (Å²) in [4.78, 5) is 16.6. The number of nitrogens with one attached hydrogen (secondary N) is 2. The van der Waals surface area contributed by atoms with Gasteiger partial charge >= 0.3 is 0 Å². The molecular weight excluding hydrogens is 286 g/mol. The number of benzene rings is 1. The summed E-state index contributed by atoms with van der Waals surface area (Å²) in [5.74, 6) is 0.846. The lowest BCUT2D eigenvalue weighted by molar-refractivity contribution is 0.0939. The average molecular weight is 305 g/mol. The van der Waals surface area contributed by atoms with Crippen LogP contribution in [0.2, 0.25) is 0 Å². The molecule has 5 nitrogen and oxygen atoms in total. The zero-order chi connectivity index (χ0) is 15.4. The third-order valence-electron chi connectivity index (χ3n) is 3.07. The molecule has 112 valence electrons. The van der Waals surface area contributed by atoms with Crippen LogP contribution in [0.15, 0.2) is 30.3 Å². The first kappa shape index (κ1) is 15.4. The van der Waals surface area contributed by atoms with E-state index in [9.17, 15) is 9.00 Å². The van der Waals surface area contributed by atoms with E-state index in [1.807, 2.05) is 31.2 Å². The lowest BCUT2D eigenvalue weighted by Gasteiger charge is -2.13. The summed E-state index contributed by atoms with van der Waals surface area (Å²) in [6.07, 6.45) is 1.62. The number of pyridine rings is 1. The lowest BCUT2D eigenvalue weighted by atomic mass is 10.1. The summed E-state index contributed by atoms with van der Waals surface area (Å²) < 4.78 is 11.2. The van der Waals surface area contributed by atoms with Gasteiger partial charge in [-0.3, -0.25) is 9.00 Å². The van der Waals surface area contributed by atoms with Crippen LogP contribution >= 0.6 is 0 Å². The Kier molecular flexibility index (Phi) is 4.90. The summed E-state index contributed by atoms with van der Waals surface area (Å²) in [6.45, 7) is 1.83. The van der Waals surface area contributed by atoms with Gasteiger partial charge in [-0.15, -0.1) is 0 Å². The van der Waals surface area contributed by atoms with Crippen LogP contribution in [0, 0.1) is 0 Å². The fourth-order valence-electron chi connectivity index (χ4n) is 2.20. The van der Waals surface area contributed by atoms with Gasteiger partial charge in [0.15, 0.2) is 0 Å². The highest BCUT2D eigenvalue weighted by Gasteiger charge is 2.14. The highest BCUT2D eigenvalue weighted by atomic mass is 32.2. The Bertz CT molecular complexity index is 688. The lowest BCUT2D eigenvalue weighted by Crippen LogP contribution is -2.36. The third kappa shape index (κ3) is 3.78. The number of hydrogen-bond donors (Lipinski definition) is 2. The van der Waals surface area contributed by atoms with E-state index in [0.717, 1.165) is 10.8 Å². The Morgan fingerprint density at radius 1 is 1.38 bits per heavy atom. The summed E-state index contributed by atoms with van der Waals surface area (Å²) >= 11 is 0. The fraction of sp³-hybridized carbons (Fsp3) is 0.333. The Morgan fingerprint density at radius 2 is 2.10 bits per heavy atom.